The molecule has 0 amide bonds. The van der Waals surface area contributed by atoms with Gasteiger partial charge in [-0.15, -0.1) is 0 Å². The van der Waals surface area contributed by atoms with E-state index in [1.807, 2.05) is 19.1 Å². The quantitative estimate of drug-likeness (QED) is 0.319. The summed E-state index contributed by atoms with van der Waals surface area (Å²) in [6.45, 7) is 10.8. The van der Waals surface area contributed by atoms with E-state index in [1.54, 1.807) is 0 Å². The Bertz CT molecular complexity index is 1610. The minimum atomic E-state index is -0.327. The predicted molar refractivity (Wildman–Crippen MR) is 138 cm³/mol. The van der Waals surface area contributed by atoms with Crippen LogP contribution < -0.4 is 4.90 Å². The summed E-state index contributed by atoms with van der Waals surface area (Å²) in [6.07, 6.45) is 4.40. The highest BCUT2D eigenvalue weighted by molar-refractivity contribution is 6.08. The van der Waals surface area contributed by atoms with Gasteiger partial charge in [-0.25, -0.2) is 9.97 Å². The number of imidazole rings is 1. The standard InChI is InChI=1S/C28H29N5O/c1-17-11-13-20-21-14-12-18(2)29-26(21)34-25(20)24(17)32-15-16-33(19(32)3)28(4,5)27-30-22-9-7-8-10-23(22)31(27)6/h7-16,19H,1-6H3/t19-/m1/s1. The second-order valence-corrected chi connectivity index (χ2v) is 9.80. The van der Waals surface area contributed by atoms with E-state index in [2.05, 4.69) is 103 Å². The van der Waals surface area contributed by atoms with Crippen molar-refractivity contribution >= 4 is 38.8 Å². The molecule has 0 aliphatic carbocycles. The minimum Gasteiger partial charge on any atom is -0.435 e. The molecular weight excluding hydrogens is 422 g/mol. The number of furan rings is 1. The van der Waals surface area contributed by atoms with E-state index >= 15 is 0 Å². The number of aromatic nitrogens is 3. The van der Waals surface area contributed by atoms with E-state index < -0.39 is 0 Å². The summed E-state index contributed by atoms with van der Waals surface area (Å²) < 4.78 is 8.55. The second kappa shape index (κ2) is 7.10. The van der Waals surface area contributed by atoms with Gasteiger partial charge in [-0.1, -0.05) is 24.3 Å². The van der Waals surface area contributed by atoms with Crippen LogP contribution in [0.5, 0.6) is 0 Å². The van der Waals surface area contributed by atoms with Gasteiger partial charge in [-0.3, -0.25) is 0 Å². The van der Waals surface area contributed by atoms with Gasteiger partial charge in [-0.05, 0) is 64.4 Å². The van der Waals surface area contributed by atoms with Crippen molar-refractivity contribution in [3.05, 3.63) is 78.0 Å². The number of hydrogen-bond acceptors (Lipinski definition) is 5. The predicted octanol–water partition coefficient (Wildman–Crippen LogP) is 6.36. The molecule has 1 aliphatic rings. The third-order valence-electron chi connectivity index (χ3n) is 7.25. The molecule has 172 valence electrons. The van der Waals surface area contributed by atoms with Gasteiger partial charge in [0.25, 0.3) is 0 Å². The van der Waals surface area contributed by atoms with Crippen molar-refractivity contribution in [2.75, 3.05) is 4.90 Å². The number of rotatable bonds is 3. The molecule has 0 saturated heterocycles. The number of pyridine rings is 1. The van der Waals surface area contributed by atoms with E-state index in [1.165, 1.54) is 5.56 Å². The molecule has 5 aromatic rings. The molecule has 0 unspecified atom stereocenters. The van der Waals surface area contributed by atoms with Crippen molar-refractivity contribution in [1.82, 2.24) is 19.4 Å². The van der Waals surface area contributed by atoms with Gasteiger partial charge < -0.3 is 18.8 Å². The Kier molecular flexibility index (Phi) is 4.34. The van der Waals surface area contributed by atoms with Gasteiger partial charge in [0.15, 0.2) is 5.58 Å². The molecule has 0 spiro atoms. The van der Waals surface area contributed by atoms with Crippen LogP contribution in [-0.4, -0.2) is 25.6 Å². The Hall–Kier alpha value is -3.80. The summed E-state index contributed by atoms with van der Waals surface area (Å²) >= 11 is 0. The maximum absolute atomic E-state index is 6.35. The lowest BCUT2D eigenvalue weighted by atomic mass is 10.0. The first kappa shape index (κ1) is 20.8. The van der Waals surface area contributed by atoms with Crippen LogP contribution in [0.2, 0.25) is 0 Å². The first-order chi connectivity index (χ1) is 16.3. The highest BCUT2D eigenvalue weighted by atomic mass is 16.3. The molecule has 4 heterocycles. The lowest BCUT2D eigenvalue weighted by molar-refractivity contribution is 0.141. The normalized spacial score (nSPS) is 16.6. The Morgan fingerprint density at radius 2 is 1.68 bits per heavy atom. The average Bonchev–Trinajstić information content (AvgIpc) is 3.47. The Morgan fingerprint density at radius 3 is 2.47 bits per heavy atom. The van der Waals surface area contributed by atoms with Gasteiger partial charge in [0.2, 0.25) is 5.71 Å². The Morgan fingerprint density at radius 1 is 0.912 bits per heavy atom. The molecule has 6 rings (SSSR count). The van der Waals surface area contributed by atoms with Gasteiger partial charge in [0.05, 0.1) is 22.3 Å². The molecule has 0 fully saturated rings. The molecule has 34 heavy (non-hydrogen) atoms. The lowest BCUT2D eigenvalue weighted by Gasteiger charge is -2.41. The minimum absolute atomic E-state index is 0.0713. The van der Waals surface area contributed by atoms with Crippen LogP contribution in [0.25, 0.3) is 33.1 Å². The van der Waals surface area contributed by atoms with E-state index in [0.717, 1.165) is 44.6 Å². The van der Waals surface area contributed by atoms with Crippen molar-refractivity contribution in [2.24, 2.45) is 7.05 Å². The Balaban J connectivity index is 1.44. The van der Waals surface area contributed by atoms with Crippen molar-refractivity contribution in [2.45, 2.75) is 46.3 Å². The SMILES string of the molecule is Cc1ccc2c(n1)oc1c(N3C=CN(C(C)(C)c4nc5ccccc5n4C)[C@@H]3C)c(C)ccc12. The summed E-state index contributed by atoms with van der Waals surface area (Å²) in [5.41, 5.74) is 6.61. The van der Waals surface area contributed by atoms with Crippen LogP contribution in [0.15, 0.2) is 65.3 Å². The van der Waals surface area contributed by atoms with Crippen molar-refractivity contribution < 1.29 is 4.42 Å². The van der Waals surface area contributed by atoms with Crippen molar-refractivity contribution in [3.8, 4) is 0 Å². The average molecular weight is 452 g/mol. The van der Waals surface area contributed by atoms with Gasteiger partial charge >= 0.3 is 0 Å². The molecule has 6 nitrogen and oxygen atoms in total. The maximum Gasteiger partial charge on any atom is 0.227 e. The largest absolute Gasteiger partial charge is 0.435 e. The first-order valence-electron chi connectivity index (χ1n) is 11.7. The maximum atomic E-state index is 6.35. The molecule has 0 bridgehead atoms. The fourth-order valence-electron chi connectivity index (χ4n) is 5.47. The highest BCUT2D eigenvalue weighted by Gasteiger charge is 2.39. The molecule has 0 saturated carbocycles. The molecule has 1 atom stereocenters. The summed E-state index contributed by atoms with van der Waals surface area (Å²) in [5, 5.41) is 2.14. The molecule has 0 N–H and O–H groups in total. The lowest BCUT2D eigenvalue weighted by Crippen LogP contribution is -2.47. The van der Waals surface area contributed by atoms with E-state index in [-0.39, 0.29) is 11.7 Å². The summed E-state index contributed by atoms with van der Waals surface area (Å²) in [6, 6.07) is 16.8. The number of para-hydroxylation sites is 2. The fourth-order valence-corrected chi connectivity index (χ4v) is 5.47. The van der Waals surface area contributed by atoms with Crippen LogP contribution in [0.4, 0.5) is 5.69 Å². The number of aryl methyl sites for hydroxylation is 3. The number of benzene rings is 2. The van der Waals surface area contributed by atoms with Gasteiger partial charge in [0, 0.05) is 35.9 Å². The zero-order valence-electron chi connectivity index (χ0n) is 20.5. The third-order valence-corrected chi connectivity index (χ3v) is 7.25. The molecular formula is C28H29N5O. The topological polar surface area (TPSA) is 50.3 Å². The second-order valence-electron chi connectivity index (χ2n) is 9.80. The molecule has 2 aromatic carbocycles. The summed E-state index contributed by atoms with van der Waals surface area (Å²) in [4.78, 5) is 14.3. The summed E-state index contributed by atoms with van der Waals surface area (Å²) in [5.74, 6) is 1.03. The zero-order chi connectivity index (χ0) is 23.8. The number of nitrogens with zero attached hydrogens (tertiary/aromatic N) is 5. The van der Waals surface area contributed by atoms with Crippen molar-refractivity contribution in [3.63, 3.8) is 0 Å². The molecule has 1 aliphatic heterocycles. The van der Waals surface area contributed by atoms with Crippen LogP contribution in [0, 0.1) is 13.8 Å². The fraction of sp³-hybridized carbons (Fsp3) is 0.286. The van der Waals surface area contributed by atoms with Crippen LogP contribution in [-0.2, 0) is 12.6 Å². The number of hydrogen-bond donors (Lipinski definition) is 0. The van der Waals surface area contributed by atoms with Gasteiger partial charge in [-0.2, -0.15) is 0 Å². The van der Waals surface area contributed by atoms with Crippen LogP contribution in [0.1, 0.15) is 37.9 Å². The smallest absolute Gasteiger partial charge is 0.227 e. The van der Waals surface area contributed by atoms with Crippen LogP contribution in [0.3, 0.4) is 0 Å². The summed E-state index contributed by atoms with van der Waals surface area (Å²) in [7, 11) is 2.10. The first-order valence-corrected chi connectivity index (χ1v) is 11.7. The monoisotopic (exact) mass is 451 g/mol. The number of anilines is 1. The Labute approximate surface area is 199 Å². The highest BCUT2D eigenvalue weighted by Crippen LogP contribution is 2.42. The van der Waals surface area contributed by atoms with Crippen molar-refractivity contribution in [1.29, 1.82) is 0 Å². The molecule has 3 aromatic heterocycles. The van der Waals surface area contributed by atoms with Crippen LogP contribution >= 0.6 is 0 Å². The zero-order valence-corrected chi connectivity index (χ0v) is 20.5. The van der Waals surface area contributed by atoms with E-state index in [9.17, 15) is 0 Å². The number of fused-ring (bicyclic) bond motifs is 4. The molecule has 0 radical (unpaired) electrons. The van der Waals surface area contributed by atoms with E-state index in [4.69, 9.17) is 9.40 Å². The van der Waals surface area contributed by atoms with Gasteiger partial charge in [0.1, 0.15) is 12.0 Å². The molecule has 6 heteroatoms. The third kappa shape index (κ3) is 2.81. The van der Waals surface area contributed by atoms with E-state index in [0.29, 0.717) is 5.71 Å².